The zero-order valence-electron chi connectivity index (χ0n) is 6.01. The van der Waals surface area contributed by atoms with Gasteiger partial charge in [0.05, 0.1) is 0 Å². The van der Waals surface area contributed by atoms with Crippen LogP contribution in [0.1, 0.15) is 6.42 Å². The molecule has 1 aliphatic heterocycles. The number of rotatable bonds is 6. The van der Waals surface area contributed by atoms with E-state index in [0.717, 1.165) is 18.5 Å². The molecular formula is C5H10N4OS. The van der Waals surface area contributed by atoms with Crippen LogP contribution >= 0.6 is 11.8 Å². The van der Waals surface area contributed by atoms with Gasteiger partial charge in [0.2, 0.25) is 0 Å². The van der Waals surface area contributed by atoms with Crippen molar-refractivity contribution in [2.75, 3.05) is 12.3 Å². The number of hydrogen-bond acceptors (Lipinski definition) is 6. The standard InChI is InChI=1S/C5H10N4OS/c6-2-1-3-11-5(4-10)9-7-8-9/h4-5H,1-3,6H2/t5-/m0/s1. The van der Waals surface area contributed by atoms with E-state index < -0.39 is 0 Å². The van der Waals surface area contributed by atoms with E-state index in [9.17, 15) is 4.79 Å². The predicted octanol–water partition coefficient (Wildman–Crippen LogP) is 0.191. The Morgan fingerprint density at radius 3 is 2.82 bits per heavy atom. The van der Waals surface area contributed by atoms with Crippen LogP contribution < -0.4 is 5.73 Å². The van der Waals surface area contributed by atoms with Crippen LogP contribution in [-0.4, -0.2) is 29.1 Å². The van der Waals surface area contributed by atoms with Crippen molar-refractivity contribution < 1.29 is 4.79 Å². The predicted molar refractivity (Wildman–Crippen MR) is 42.7 cm³/mol. The van der Waals surface area contributed by atoms with E-state index in [0.29, 0.717) is 6.54 Å². The fourth-order valence-electron chi connectivity index (χ4n) is 0.573. The average Bonchev–Trinajstić information content (AvgIpc) is 2.81. The molecule has 1 rings (SSSR count). The topological polar surface area (TPSA) is 70.8 Å². The van der Waals surface area contributed by atoms with Gasteiger partial charge in [-0.25, -0.2) is 0 Å². The SMILES string of the molecule is NCCCS[C@@H](C=O)N1N=N1. The smallest absolute Gasteiger partial charge is 0.176 e. The summed E-state index contributed by atoms with van der Waals surface area (Å²) in [5, 5.41) is 8.22. The second-order valence-electron chi connectivity index (χ2n) is 2.04. The minimum Gasteiger partial charge on any atom is -0.330 e. The molecule has 0 aromatic rings. The first-order valence-corrected chi connectivity index (χ1v) is 4.41. The first-order chi connectivity index (χ1) is 5.38. The lowest BCUT2D eigenvalue weighted by atomic mass is 10.5. The van der Waals surface area contributed by atoms with Crippen molar-refractivity contribution in [3.05, 3.63) is 0 Å². The van der Waals surface area contributed by atoms with Gasteiger partial charge in [-0.1, -0.05) is 0 Å². The van der Waals surface area contributed by atoms with E-state index in [1.54, 1.807) is 0 Å². The molecule has 0 aromatic carbocycles. The molecule has 0 saturated heterocycles. The van der Waals surface area contributed by atoms with E-state index in [1.165, 1.54) is 16.9 Å². The molecule has 0 aromatic heterocycles. The number of carbonyl (C=O) groups excluding carboxylic acids is 1. The summed E-state index contributed by atoms with van der Waals surface area (Å²) in [4.78, 5) is 10.4. The van der Waals surface area contributed by atoms with Gasteiger partial charge in [-0.2, -0.15) is 0 Å². The second-order valence-corrected chi connectivity index (χ2v) is 3.26. The number of carbonyl (C=O) groups is 1. The molecule has 0 radical (unpaired) electrons. The Kier molecular flexibility index (Phi) is 3.31. The normalized spacial score (nSPS) is 16.6. The third kappa shape index (κ3) is 2.85. The number of thioether (sulfide) groups is 1. The monoisotopic (exact) mass is 174 g/mol. The highest BCUT2D eigenvalue weighted by molar-refractivity contribution is 8.00. The highest BCUT2D eigenvalue weighted by Crippen LogP contribution is 2.22. The molecule has 0 saturated carbocycles. The molecule has 1 aliphatic rings. The molecule has 1 heterocycles. The van der Waals surface area contributed by atoms with Crippen molar-refractivity contribution >= 4 is 18.0 Å². The van der Waals surface area contributed by atoms with E-state index in [4.69, 9.17) is 5.73 Å². The molecule has 62 valence electrons. The molecular weight excluding hydrogens is 164 g/mol. The maximum atomic E-state index is 10.4. The molecule has 0 spiro atoms. The minimum atomic E-state index is -0.235. The first-order valence-electron chi connectivity index (χ1n) is 3.36. The summed E-state index contributed by atoms with van der Waals surface area (Å²) in [7, 11) is 0. The van der Waals surface area contributed by atoms with Gasteiger partial charge in [-0.05, 0) is 29.2 Å². The molecule has 0 amide bonds. The number of nitrogens with two attached hydrogens (primary N) is 1. The Hall–Kier alpha value is -0.620. The Balaban J connectivity index is 2.06. The van der Waals surface area contributed by atoms with Crippen molar-refractivity contribution in [3.8, 4) is 0 Å². The number of nitrogens with zero attached hydrogens (tertiary/aromatic N) is 3. The molecule has 0 unspecified atom stereocenters. The average molecular weight is 174 g/mol. The molecule has 6 heteroatoms. The Morgan fingerprint density at radius 1 is 1.64 bits per heavy atom. The van der Waals surface area contributed by atoms with Gasteiger partial charge in [-0.15, -0.1) is 16.9 Å². The summed E-state index contributed by atoms with van der Waals surface area (Å²) in [5.41, 5.74) is 5.29. The molecule has 1 atom stereocenters. The van der Waals surface area contributed by atoms with Gasteiger partial charge >= 0.3 is 0 Å². The number of aldehydes is 1. The Labute approximate surface area is 69.0 Å². The zero-order chi connectivity index (χ0) is 8.10. The van der Waals surface area contributed by atoms with Crippen LogP contribution in [0.2, 0.25) is 0 Å². The maximum absolute atomic E-state index is 10.4. The lowest BCUT2D eigenvalue weighted by Gasteiger charge is -2.05. The van der Waals surface area contributed by atoms with Gasteiger partial charge in [0.15, 0.2) is 11.7 Å². The van der Waals surface area contributed by atoms with Crippen LogP contribution in [0.15, 0.2) is 10.4 Å². The Morgan fingerprint density at radius 2 is 2.36 bits per heavy atom. The zero-order valence-corrected chi connectivity index (χ0v) is 6.83. The number of hydrogen-bond donors (Lipinski definition) is 1. The lowest BCUT2D eigenvalue weighted by molar-refractivity contribution is -0.109. The van der Waals surface area contributed by atoms with Gasteiger partial charge in [-0.3, -0.25) is 4.79 Å². The third-order valence-electron chi connectivity index (χ3n) is 1.17. The molecule has 5 nitrogen and oxygen atoms in total. The van der Waals surface area contributed by atoms with Crippen molar-refractivity contribution in [2.45, 2.75) is 11.8 Å². The van der Waals surface area contributed by atoms with E-state index in [1.807, 2.05) is 0 Å². The lowest BCUT2D eigenvalue weighted by Crippen LogP contribution is -2.16. The third-order valence-corrected chi connectivity index (χ3v) is 2.34. The minimum absolute atomic E-state index is 0.235. The van der Waals surface area contributed by atoms with E-state index in [2.05, 4.69) is 10.4 Å². The van der Waals surface area contributed by atoms with Crippen molar-refractivity contribution in [1.29, 1.82) is 0 Å². The van der Waals surface area contributed by atoms with Gasteiger partial charge < -0.3 is 5.73 Å². The van der Waals surface area contributed by atoms with Crippen LogP contribution in [0.4, 0.5) is 0 Å². The molecule has 0 bridgehead atoms. The van der Waals surface area contributed by atoms with Crippen LogP contribution in [0.25, 0.3) is 0 Å². The molecule has 0 aliphatic carbocycles. The van der Waals surface area contributed by atoms with Gasteiger partial charge in [0.1, 0.15) is 0 Å². The quantitative estimate of drug-likeness (QED) is 0.461. The van der Waals surface area contributed by atoms with Crippen LogP contribution in [0, 0.1) is 0 Å². The molecule has 11 heavy (non-hydrogen) atoms. The fraction of sp³-hybridized carbons (Fsp3) is 0.800. The van der Waals surface area contributed by atoms with Crippen molar-refractivity contribution in [3.63, 3.8) is 0 Å². The molecule has 2 N–H and O–H groups in total. The summed E-state index contributed by atoms with van der Waals surface area (Å²) >= 11 is 1.51. The Bertz CT molecular complexity index is 157. The van der Waals surface area contributed by atoms with Crippen LogP contribution in [-0.2, 0) is 4.79 Å². The summed E-state index contributed by atoms with van der Waals surface area (Å²) in [5.74, 6) is 0.876. The van der Waals surface area contributed by atoms with E-state index >= 15 is 0 Å². The largest absolute Gasteiger partial charge is 0.330 e. The summed E-state index contributed by atoms with van der Waals surface area (Å²) < 4.78 is 0. The van der Waals surface area contributed by atoms with Crippen molar-refractivity contribution in [2.24, 2.45) is 16.2 Å². The van der Waals surface area contributed by atoms with E-state index in [-0.39, 0.29) is 5.37 Å². The van der Waals surface area contributed by atoms with Crippen LogP contribution in [0.3, 0.4) is 0 Å². The second kappa shape index (κ2) is 4.30. The first kappa shape index (κ1) is 8.48. The fourth-order valence-corrected chi connectivity index (χ4v) is 1.44. The molecule has 0 fully saturated rings. The summed E-state index contributed by atoms with van der Waals surface area (Å²) in [6, 6.07) is 0. The highest BCUT2D eigenvalue weighted by Gasteiger charge is 2.23. The highest BCUT2D eigenvalue weighted by atomic mass is 32.2. The van der Waals surface area contributed by atoms with Gasteiger partial charge in [0.25, 0.3) is 0 Å². The van der Waals surface area contributed by atoms with Crippen molar-refractivity contribution in [1.82, 2.24) is 5.12 Å². The summed E-state index contributed by atoms with van der Waals surface area (Å²) in [6.07, 6.45) is 1.75. The summed E-state index contributed by atoms with van der Waals surface area (Å²) in [6.45, 7) is 0.660. The maximum Gasteiger partial charge on any atom is 0.176 e. The van der Waals surface area contributed by atoms with Gasteiger partial charge in [0, 0.05) is 0 Å². The van der Waals surface area contributed by atoms with Crippen LogP contribution in [0.5, 0.6) is 0 Å².